The molecule has 0 bridgehead atoms. The van der Waals surface area contributed by atoms with E-state index < -0.39 is 0 Å². The Balaban J connectivity index is 1.73. The Kier molecular flexibility index (Phi) is 3.17. The molecule has 1 aromatic carbocycles. The minimum absolute atomic E-state index is 0.237. The van der Waals surface area contributed by atoms with Gasteiger partial charge in [-0.3, -0.25) is 0 Å². The van der Waals surface area contributed by atoms with E-state index in [2.05, 4.69) is 36.5 Å². The summed E-state index contributed by atoms with van der Waals surface area (Å²) in [5, 5.41) is 3.69. The van der Waals surface area contributed by atoms with Crippen LogP contribution < -0.4 is 5.32 Å². The summed E-state index contributed by atoms with van der Waals surface area (Å²) in [7, 11) is 0. The van der Waals surface area contributed by atoms with Crippen molar-refractivity contribution < 1.29 is 4.74 Å². The third-order valence-electron chi connectivity index (χ3n) is 4.15. The molecular formula is C15H21NO. The van der Waals surface area contributed by atoms with Crippen molar-refractivity contribution in [1.29, 1.82) is 0 Å². The number of rotatable bonds is 1. The minimum Gasteiger partial charge on any atom is -0.372 e. The molecule has 1 N–H and O–H groups in total. The highest BCUT2D eigenvalue weighted by Crippen LogP contribution is 2.31. The van der Waals surface area contributed by atoms with Crippen LogP contribution in [-0.2, 0) is 4.74 Å². The van der Waals surface area contributed by atoms with Gasteiger partial charge in [0.1, 0.15) is 0 Å². The van der Waals surface area contributed by atoms with Gasteiger partial charge in [0, 0.05) is 12.6 Å². The molecule has 1 aromatic rings. The summed E-state index contributed by atoms with van der Waals surface area (Å²) in [6.45, 7) is 4.03. The standard InChI is InChI=1S/C15H21NO/c1-11-4-2-5-12(8-11)15-9-16-14-7-3-6-13(14)10-17-15/h2,4-5,8,13-16H,3,6-7,9-10H2,1H3. The fraction of sp³-hybridized carbons (Fsp3) is 0.600. The topological polar surface area (TPSA) is 21.3 Å². The molecule has 17 heavy (non-hydrogen) atoms. The molecule has 92 valence electrons. The maximum atomic E-state index is 6.10. The van der Waals surface area contributed by atoms with Gasteiger partial charge in [0.2, 0.25) is 0 Å². The van der Waals surface area contributed by atoms with Crippen molar-refractivity contribution in [2.24, 2.45) is 5.92 Å². The van der Waals surface area contributed by atoms with Crippen molar-refractivity contribution in [2.75, 3.05) is 13.2 Å². The molecule has 2 heteroatoms. The molecule has 2 nitrogen and oxygen atoms in total. The van der Waals surface area contributed by atoms with Crippen molar-refractivity contribution in [3.05, 3.63) is 35.4 Å². The minimum atomic E-state index is 0.237. The molecule has 1 saturated carbocycles. The third-order valence-corrected chi connectivity index (χ3v) is 4.15. The van der Waals surface area contributed by atoms with Crippen molar-refractivity contribution in [2.45, 2.75) is 38.3 Å². The second-order valence-electron chi connectivity index (χ2n) is 5.44. The molecule has 1 saturated heterocycles. The summed E-state index contributed by atoms with van der Waals surface area (Å²) in [5.74, 6) is 0.741. The lowest BCUT2D eigenvalue weighted by Crippen LogP contribution is -2.32. The number of fused-ring (bicyclic) bond motifs is 1. The maximum absolute atomic E-state index is 6.10. The van der Waals surface area contributed by atoms with Crippen LogP contribution in [0.3, 0.4) is 0 Å². The highest BCUT2D eigenvalue weighted by Gasteiger charge is 2.31. The van der Waals surface area contributed by atoms with Crippen LogP contribution in [0, 0.1) is 12.8 Å². The van der Waals surface area contributed by atoms with Crippen molar-refractivity contribution >= 4 is 0 Å². The van der Waals surface area contributed by atoms with Crippen molar-refractivity contribution in [3.63, 3.8) is 0 Å². The molecule has 0 amide bonds. The predicted octanol–water partition coefficient (Wildman–Crippen LogP) is 2.82. The first-order valence-corrected chi connectivity index (χ1v) is 6.74. The molecule has 2 aliphatic rings. The van der Waals surface area contributed by atoms with Crippen LogP contribution in [0.1, 0.15) is 36.5 Å². The number of benzene rings is 1. The zero-order valence-electron chi connectivity index (χ0n) is 10.5. The van der Waals surface area contributed by atoms with E-state index in [0.29, 0.717) is 6.04 Å². The largest absolute Gasteiger partial charge is 0.372 e. The molecule has 2 fully saturated rings. The summed E-state index contributed by atoms with van der Waals surface area (Å²) in [5.41, 5.74) is 2.63. The first-order chi connectivity index (χ1) is 8.33. The SMILES string of the molecule is Cc1cccc(C2CNC3CCCC3CO2)c1. The summed E-state index contributed by atoms with van der Waals surface area (Å²) in [4.78, 5) is 0. The van der Waals surface area contributed by atoms with Gasteiger partial charge in [-0.05, 0) is 31.2 Å². The van der Waals surface area contributed by atoms with Gasteiger partial charge in [0.15, 0.2) is 0 Å². The van der Waals surface area contributed by atoms with Crippen LogP contribution in [0.5, 0.6) is 0 Å². The van der Waals surface area contributed by atoms with Crippen LogP contribution >= 0.6 is 0 Å². The monoisotopic (exact) mass is 231 g/mol. The van der Waals surface area contributed by atoms with Crippen molar-refractivity contribution in [1.82, 2.24) is 5.32 Å². The van der Waals surface area contributed by atoms with Gasteiger partial charge >= 0.3 is 0 Å². The Labute approximate surface area is 103 Å². The van der Waals surface area contributed by atoms with Crippen LogP contribution in [0.2, 0.25) is 0 Å². The number of aryl methyl sites for hydroxylation is 1. The molecule has 3 atom stereocenters. The second-order valence-corrected chi connectivity index (χ2v) is 5.44. The number of ether oxygens (including phenoxy) is 1. The molecule has 0 aromatic heterocycles. The second kappa shape index (κ2) is 4.79. The van der Waals surface area contributed by atoms with Gasteiger partial charge in [0.05, 0.1) is 12.7 Å². The highest BCUT2D eigenvalue weighted by atomic mass is 16.5. The van der Waals surface area contributed by atoms with Gasteiger partial charge in [-0.15, -0.1) is 0 Å². The third kappa shape index (κ3) is 2.38. The lowest BCUT2D eigenvalue weighted by Gasteiger charge is -2.16. The first-order valence-electron chi connectivity index (χ1n) is 6.74. The number of hydrogen-bond acceptors (Lipinski definition) is 2. The Bertz CT molecular complexity index is 376. The van der Waals surface area contributed by atoms with Crippen LogP contribution in [0.25, 0.3) is 0 Å². The van der Waals surface area contributed by atoms with E-state index in [1.807, 2.05) is 0 Å². The lowest BCUT2D eigenvalue weighted by atomic mass is 10.1. The first kappa shape index (κ1) is 11.2. The molecular weight excluding hydrogens is 210 g/mol. The average molecular weight is 231 g/mol. The fourth-order valence-electron chi connectivity index (χ4n) is 3.15. The molecule has 3 unspecified atom stereocenters. The van der Waals surface area contributed by atoms with Gasteiger partial charge in [-0.2, -0.15) is 0 Å². The van der Waals surface area contributed by atoms with Crippen LogP contribution in [0.4, 0.5) is 0 Å². The highest BCUT2D eigenvalue weighted by molar-refractivity contribution is 5.24. The molecule has 0 spiro atoms. The van der Waals surface area contributed by atoms with Gasteiger partial charge in [0.25, 0.3) is 0 Å². The Hall–Kier alpha value is -0.860. The summed E-state index contributed by atoms with van der Waals surface area (Å²) in [6.07, 6.45) is 4.26. The van der Waals surface area contributed by atoms with Gasteiger partial charge in [-0.25, -0.2) is 0 Å². The molecule has 3 rings (SSSR count). The van der Waals surface area contributed by atoms with Gasteiger partial charge < -0.3 is 10.1 Å². The zero-order chi connectivity index (χ0) is 11.7. The van der Waals surface area contributed by atoms with E-state index in [1.54, 1.807) is 0 Å². The van der Waals surface area contributed by atoms with E-state index >= 15 is 0 Å². The quantitative estimate of drug-likeness (QED) is 0.802. The number of nitrogens with one attached hydrogen (secondary N) is 1. The maximum Gasteiger partial charge on any atom is 0.0949 e. The normalized spacial score (nSPS) is 33.1. The Morgan fingerprint density at radius 3 is 3.12 bits per heavy atom. The van der Waals surface area contributed by atoms with Crippen LogP contribution in [0.15, 0.2) is 24.3 Å². The Morgan fingerprint density at radius 1 is 1.29 bits per heavy atom. The zero-order valence-corrected chi connectivity index (χ0v) is 10.5. The van der Waals surface area contributed by atoms with E-state index in [9.17, 15) is 0 Å². The summed E-state index contributed by atoms with van der Waals surface area (Å²) in [6, 6.07) is 9.39. The smallest absolute Gasteiger partial charge is 0.0949 e. The molecule has 1 aliphatic heterocycles. The summed E-state index contributed by atoms with van der Waals surface area (Å²) >= 11 is 0. The summed E-state index contributed by atoms with van der Waals surface area (Å²) < 4.78 is 6.10. The van der Waals surface area contributed by atoms with E-state index in [1.165, 1.54) is 30.4 Å². The Morgan fingerprint density at radius 2 is 2.24 bits per heavy atom. The van der Waals surface area contributed by atoms with E-state index in [0.717, 1.165) is 19.1 Å². The van der Waals surface area contributed by atoms with E-state index in [4.69, 9.17) is 4.74 Å². The molecule has 1 aliphatic carbocycles. The average Bonchev–Trinajstić information content (AvgIpc) is 2.68. The van der Waals surface area contributed by atoms with E-state index in [-0.39, 0.29) is 6.10 Å². The number of hydrogen-bond donors (Lipinski definition) is 1. The lowest BCUT2D eigenvalue weighted by molar-refractivity contribution is 0.0473. The van der Waals surface area contributed by atoms with Crippen LogP contribution in [-0.4, -0.2) is 19.2 Å². The predicted molar refractivity (Wildman–Crippen MR) is 69.0 cm³/mol. The fourth-order valence-corrected chi connectivity index (χ4v) is 3.15. The van der Waals surface area contributed by atoms with Gasteiger partial charge in [-0.1, -0.05) is 36.2 Å². The molecule has 0 radical (unpaired) electrons. The van der Waals surface area contributed by atoms with Crippen molar-refractivity contribution in [3.8, 4) is 0 Å². The molecule has 1 heterocycles.